The molecule has 0 aromatic heterocycles. The van der Waals surface area contributed by atoms with Crippen LogP contribution in [0.1, 0.15) is 78.6 Å². The van der Waals surface area contributed by atoms with Crippen LogP contribution in [-0.2, 0) is 37.7 Å². The molecule has 6 rings (SSSR count). The maximum Gasteiger partial charge on any atom is 0.251 e. The molecule has 1 aliphatic heterocycles. The van der Waals surface area contributed by atoms with Gasteiger partial charge in [0.25, 0.3) is 5.91 Å². The van der Waals surface area contributed by atoms with E-state index < -0.39 is 18.5 Å². The molecule has 3 aliphatic rings. The van der Waals surface area contributed by atoms with Gasteiger partial charge in [-0.15, -0.1) is 0 Å². The Morgan fingerprint density at radius 1 is 0.667 bits per heavy atom. The van der Waals surface area contributed by atoms with Crippen molar-refractivity contribution in [1.29, 1.82) is 0 Å². The molecule has 3 aromatic rings. The van der Waals surface area contributed by atoms with Gasteiger partial charge in [0.2, 0.25) is 18.5 Å². The fourth-order valence-electron chi connectivity index (χ4n) is 5.02. The molecule has 0 spiro atoms. The quantitative estimate of drug-likeness (QED) is 0.136. The summed E-state index contributed by atoms with van der Waals surface area (Å²) in [5.41, 5.74) is 7.35. The van der Waals surface area contributed by atoms with Gasteiger partial charge in [0.05, 0.1) is 5.71 Å². The van der Waals surface area contributed by atoms with E-state index in [1.54, 1.807) is 0 Å². The minimum atomic E-state index is -1.67. The smallest absolute Gasteiger partial charge is 0.251 e. The van der Waals surface area contributed by atoms with Crippen molar-refractivity contribution in [3.63, 3.8) is 0 Å². The first kappa shape index (κ1) is 42.7. The topological polar surface area (TPSA) is 113 Å². The molecule has 1 heterocycles. The van der Waals surface area contributed by atoms with Gasteiger partial charge in [-0.1, -0.05) is 101 Å². The van der Waals surface area contributed by atoms with Crippen LogP contribution in [0.15, 0.2) is 78.0 Å². The van der Waals surface area contributed by atoms with Gasteiger partial charge in [0, 0.05) is 77.3 Å². The molecule has 3 atom stereocenters. The molecule has 0 saturated carbocycles. The van der Waals surface area contributed by atoms with E-state index in [0.29, 0.717) is 11.7 Å². The zero-order chi connectivity index (χ0) is 32.1. The van der Waals surface area contributed by atoms with Gasteiger partial charge in [-0.05, 0) is 48.9 Å². The summed E-state index contributed by atoms with van der Waals surface area (Å²) in [5.74, 6) is 0.921. The predicted molar refractivity (Wildman–Crippen MR) is 192 cm³/mol. The summed E-state index contributed by atoms with van der Waals surface area (Å²) < 4.78 is 18.2. The van der Waals surface area contributed by atoms with Gasteiger partial charge in [0.1, 0.15) is 0 Å². The second-order valence-corrected chi connectivity index (χ2v) is 15.0. The number of halogens is 4. The van der Waals surface area contributed by atoms with E-state index in [4.69, 9.17) is 13.6 Å². The van der Waals surface area contributed by atoms with Crippen LogP contribution in [0.4, 0.5) is 0 Å². The Labute approximate surface area is 289 Å². The number of carbonyl (C=O) groups is 2. The summed E-state index contributed by atoms with van der Waals surface area (Å²) in [7, 11) is 14.7. The first-order valence-electron chi connectivity index (χ1n) is 13.1. The van der Waals surface area contributed by atoms with Crippen molar-refractivity contribution in [1.82, 2.24) is 5.32 Å². The molecular formula is C32H40Cl4N2O5S2. The maximum absolute atomic E-state index is 11.4. The lowest BCUT2D eigenvalue weighted by molar-refractivity contribution is 0.0926. The lowest BCUT2D eigenvalue weighted by Crippen LogP contribution is -2.39. The molecular weight excluding hydrogens is 698 g/mol. The molecule has 13 heteroatoms. The molecule has 7 nitrogen and oxygen atoms in total. The number of rotatable bonds is 0. The van der Waals surface area contributed by atoms with Crippen molar-refractivity contribution < 1.29 is 23.2 Å². The monoisotopic (exact) mass is 736 g/mol. The fraction of sp³-hybridized carbons (Fsp3) is 0.344. The highest BCUT2D eigenvalue weighted by atomic mass is 36.0. The highest BCUT2D eigenvalue weighted by Crippen LogP contribution is 2.27. The Morgan fingerprint density at radius 3 is 1.51 bits per heavy atom. The van der Waals surface area contributed by atoms with Crippen molar-refractivity contribution in [2.24, 2.45) is 17.0 Å². The van der Waals surface area contributed by atoms with Gasteiger partial charge in [0.15, 0.2) is 5.78 Å². The number of oxime groups is 1. The van der Waals surface area contributed by atoms with E-state index in [0.717, 1.165) is 47.2 Å². The maximum atomic E-state index is 11.4. The number of nitrogens with one attached hydrogen (secondary N) is 1. The highest BCUT2D eigenvalue weighted by Gasteiger charge is 2.26. The Bertz CT molecular complexity index is 1470. The van der Waals surface area contributed by atoms with Gasteiger partial charge in [-0.2, -0.15) is 0 Å². The molecule has 248 valence electrons. The van der Waals surface area contributed by atoms with Gasteiger partial charge >= 0.3 is 0 Å². The van der Waals surface area contributed by atoms with Crippen LogP contribution in [0.5, 0.6) is 0 Å². The second-order valence-electron chi connectivity index (χ2n) is 9.98. The summed E-state index contributed by atoms with van der Waals surface area (Å²) in [6.45, 7) is 6.09. The van der Waals surface area contributed by atoms with E-state index in [9.17, 15) is 9.59 Å². The normalized spacial score (nSPS) is 19.1. The Balaban J connectivity index is 0.000000566. The summed E-state index contributed by atoms with van der Waals surface area (Å²) in [6.07, 6.45) is 2.87. The van der Waals surface area contributed by atoms with E-state index in [2.05, 4.69) is 66.2 Å². The molecule has 45 heavy (non-hydrogen) atoms. The second kappa shape index (κ2) is 21.5. The molecule has 0 saturated heterocycles. The van der Waals surface area contributed by atoms with Gasteiger partial charge in [-0.3, -0.25) is 9.59 Å². The first-order chi connectivity index (χ1) is 20.3. The lowest BCUT2D eigenvalue weighted by atomic mass is 9.96. The average molecular weight is 739 g/mol. The third kappa shape index (κ3) is 13.9. The zero-order valence-corrected chi connectivity index (χ0v) is 28.3. The number of benzene rings is 3. The van der Waals surface area contributed by atoms with E-state index in [1.165, 1.54) is 11.1 Å². The zero-order valence-electron chi connectivity index (χ0n) is 23.6. The largest absolute Gasteiger partial charge is 0.411 e. The summed E-state index contributed by atoms with van der Waals surface area (Å²) in [5, 5.41) is 15.0. The van der Waals surface area contributed by atoms with Crippen molar-refractivity contribution in [2.45, 2.75) is 60.9 Å². The minimum absolute atomic E-state index is 0. The van der Waals surface area contributed by atoms with E-state index >= 15 is 0 Å². The van der Waals surface area contributed by atoms with E-state index in [-0.39, 0.29) is 32.7 Å². The lowest BCUT2D eigenvalue weighted by Gasteiger charge is -2.21. The first-order valence-corrected chi connectivity index (χ1v) is 18.8. The van der Waals surface area contributed by atoms with Crippen molar-refractivity contribution in [3.8, 4) is 0 Å². The predicted octanol–water partition coefficient (Wildman–Crippen LogP) is 8.84. The van der Waals surface area contributed by atoms with Crippen LogP contribution in [0.25, 0.3) is 0 Å². The standard InChI is InChI=1S/2C10H11NO.C10H10O.2CH4.2Cl2OS/c1-7-6-8-4-2-3-5-9(8)10(12)11-7;1-7-6-8-4-2-3-5-9(8)10(7)11-12;1-7-6-8-4-2-3-5-9(8)10(7)11;;;2*1-4(2)3/h2-5,7H,6H2,1H3,(H,11,12);2-5,7,12H,6H2,1H3;2-5,7H,6H2,1H3;2*1H4;;/b;11-10-;;;;;. The summed E-state index contributed by atoms with van der Waals surface area (Å²) in [6, 6.07) is 24.0. The van der Waals surface area contributed by atoms with Crippen molar-refractivity contribution >= 4 is 78.6 Å². The molecule has 0 radical (unpaired) electrons. The molecule has 3 aromatic carbocycles. The number of amides is 1. The molecule has 2 aliphatic carbocycles. The Kier molecular flexibility index (Phi) is 20.4. The number of nitrogens with zero attached hydrogens (tertiary/aromatic N) is 1. The third-order valence-electron chi connectivity index (χ3n) is 6.82. The minimum Gasteiger partial charge on any atom is -0.411 e. The van der Waals surface area contributed by atoms with Crippen LogP contribution in [0, 0.1) is 11.8 Å². The van der Waals surface area contributed by atoms with Crippen LogP contribution in [0.2, 0.25) is 0 Å². The average Bonchev–Trinajstić information content (AvgIpc) is 3.42. The molecule has 2 N–H and O–H groups in total. The molecule has 0 fully saturated rings. The Morgan fingerprint density at radius 2 is 1.04 bits per heavy atom. The summed E-state index contributed by atoms with van der Waals surface area (Å²) >= 11 is 0. The van der Waals surface area contributed by atoms with Gasteiger partial charge < -0.3 is 10.5 Å². The van der Waals surface area contributed by atoms with Crippen molar-refractivity contribution in [3.05, 3.63) is 106 Å². The molecule has 1 amide bonds. The van der Waals surface area contributed by atoms with Crippen molar-refractivity contribution in [2.75, 3.05) is 0 Å². The fourth-order valence-corrected chi connectivity index (χ4v) is 5.02. The van der Waals surface area contributed by atoms with E-state index in [1.807, 2.05) is 80.6 Å². The highest BCUT2D eigenvalue weighted by molar-refractivity contribution is 8.27. The summed E-state index contributed by atoms with van der Waals surface area (Å²) in [4.78, 5) is 22.8. The number of ketones is 1. The number of hydrogen-bond acceptors (Lipinski definition) is 6. The third-order valence-corrected chi connectivity index (χ3v) is 6.82. The number of carbonyl (C=O) groups excluding carboxylic acids is 2. The van der Waals surface area contributed by atoms with Crippen LogP contribution >= 0.6 is 42.7 Å². The van der Waals surface area contributed by atoms with Crippen LogP contribution in [0.3, 0.4) is 0 Å². The number of Topliss-reactive ketones (excluding diaryl/α,β-unsaturated/α-hetero) is 1. The Hall–Kier alpha value is -2.27. The van der Waals surface area contributed by atoms with Crippen LogP contribution < -0.4 is 5.32 Å². The van der Waals surface area contributed by atoms with Crippen LogP contribution in [-0.4, -0.2) is 37.1 Å². The van der Waals surface area contributed by atoms with Gasteiger partial charge in [-0.25, -0.2) is 8.42 Å². The SMILES string of the molecule is C.C.CC1Cc2ccccc2/C1=N\O.CC1Cc2ccccc2C(=O)N1.CC1Cc2ccccc2C1=O.O=S(Cl)Cl.O=S(Cl)Cl. The number of hydrogen-bond donors (Lipinski definition) is 2. The molecule has 0 bridgehead atoms. The number of fused-ring (bicyclic) bond motifs is 3. The molecule has 3 unspecified atom stereocenters.